The van der Waals surface area contributed by atoms with E-state index >= 15 is 0 Å². The van der Waals surface area contributed by atoms with Crippen LogP contribution in [-0.4, -0.2) is 24.4 Å². The Balaban J connectivity index is 2.11. The number of anilines is 3. The third-order valence-corrected chi connectivity index (χ3v) is 3.40. The van der Waals surface area contributed by atoms with Gasteiger partial charge >= 0.3 is 0 Å². The molecule has 0 bridgehead atoms. The molecule has 0 aliphatic carbocycles. The minimum Gasteiger partial charge on any atom is -0.495 e. The first-order valence-electron chi connectivity index (χ1n) is 6.30. The molecule has 0 aliphatic rings. The summed E-state index contributed by atoms with van der Waals surface area (Å²) in [5.41, 5.74) is 9.67. The van der Waals surface area contributed by atoms with Crippen molar-refractivity contribution >= 4 is 28.0 Å². The number of nitrogens with two attached hydrogens (primary N) is 1. The molecule has 0 atom stereocenters. The minimum absolute atomic E-state index is 0.701. The average Bonchev–Trinajstić information content (AvgIpc) is 2.92. The van der Waals surface area contributed by atoms with Gasteiger partial charge in [0.05, 0.1) is 35.9 Å². The number of hydrogen-bond donors (Lipinski definition) is 2. The van der Waals surface area contributed by atoms with Crippen LogP contribution < -0.4 is 15.4 Å². The van der Waals surface area contributed by atoms with Crippen LogP contribution >= 0.6 is 0 Å². The number of aromatic amines is 1. The molecule has 3 rings (SSSR count). The molecule has 0 radical (unpaired) electrons. The van der Waals surface area contributed by atoms with E-state index in [1.165, 1.54) is 0 Å². The number of nitrogens with one attached hydrogen (secondary N) is 1. The van der Waals surface area contributed by atoms with Crippen molar-refractivity contribution in [3.05, 3.63) is 42.6 Å². The summed E-state index contributed by atoms with van der Waals surface area (Å²) >= 11 is 0. The van der Waals surface area contributed by atoms with Gasteiger partial charge in [-0.2, -0.15) is 5.10 Å². The van der Waals surface area contributed by atoms with Crippen molar-refractivity contribution in [3.63, 3.8) is 0 Å². The summed E-state index contributed by atoms with van der Waals surface area (Å²) in [7, 11) is 3.62. The van der Waals surface area contributed by atoms with Crippen molar-refractivity contribution in [2.45, 2.75) is 0 Å². The lowest BCUT2D eigenvalue weighted by atomic mass is 10.1. The number of para-hydroxylation sites is 2. The first kappa shape index (κ1) is 12.3. The van der Waals surface area contributed by atoms with Crippen LogP contribution in [0.1, 0.15) is 0 Å². The van der Waals surface area contributed by atoms with E-state index in [4.69, 9.17) is 10.5 Å². The molecule has 2 aromatic carbocycles. The van der Waals surface area contributed by atoms with Gasteiger partial charge in [-0.25, -0.2) is 0 Å². The van der Waals surface area contributed by atoms with Crippen molar-refractivity contribution in [2.24, 2.45) is 0 Å². The van der Waals surface area contributed by atoms with Crippen LogP contribution in [0.2, 0.25) is 0 Å². The van der Waals surface area contributed by atoms with E-state index < -0.39 is 0 Å². The van der Waals surface area contributed by atoms with Gasteiger partial charge in [-0.3, -0.25) is 5.10 Å². The van der Waals surface area contributed by atoms with Crippen molar-refractivity contribution in [1.82, 2.24) is 10.2 Å². The van der Waals surface area contributed by atoms with E-state index in [1.807, 2.05) is 48.3 Å². The quantitative estimate of drug-likeness (QED) is 0.717. The lowest BCUT2D eigenvalue weighted by Crippen LogP contribution is -2.12. The summed E-state index contributed by atoms with van der Waals surface area (Å²) in [4.78, 5) is 2.01. The Morgan fingerprint density at radius 2 is 2.00 bits per heavy atom. The molecule has 1 heterocycles. The Morgan fingerprint density at radius 1 is 1.20 bits per heavy atom. The molecule has 0 saturated carbocycles. The van der Waals surface area contributed by atoms with E-state index in [0.717, 1.165) is 28.0 Å². The summed E-state index contributed by atoms with van der Waals surface area (Å²) < 4.78 is 5.40. The standard InChI is InChI=1S/C15H16N4O/c1-19(13-5-3-4-6-15(13)20-2)14-8-12-10(7-11(14)16)9-17-18-12/h3-9H,16H2,1-2H3,(H,17,18). The first-order valence-corrected chi connectivity index (χ1v) is 6.30. The zero-order valence-electron chi connectivity index (χ0n) is 11.4. The highest BCUT2D eigenvalue weighted by Crippen LogP contribution is 2.36. The molecule has 3 N–H and O–H groups in total. The number of nitrogen functional groups attached to an aromatic ring is 1. The maximum Gasteiger partial charge on any atom is 0.142 e. The third kappa shape index (κ3) is 1.93. The zero-order valence-corrected chi connectivity index (χ0v) is 11.4. The number of H-pyrrole nitrogens is 1. The number of aromatic nitrogens is 2. The van der Waals surface area contributed by atoms with E-state index in [-0.39, 0.29) is 0 Å². The summed E-state index contributed by atoms with van der Waals surface area (Å²) in [6, 6.07) is 11.7. The normalized spacial score (nSPS) is 10.7. The fraction of sp³-hybridized carbons (Fsp3) is 0.133. The van der Waals surface area contributed by atoms with Gasteiger partial charge < -0.3 is 15.4 Å². The largest absolute Gasteiger partial charge is 0.495 e. The molecule has 102 valence electrons. The highest BCUT2D eigenvalue weighted by atomic mass is 16.5. The van der Waals surface area contributed by atoms with Gasteiger partial charge in [-0.05, 0) is 24.3 Å². The molecular formula is C15H16N4O. The fourth-order valence-corrected chi connectivity index (χ4v) is 2.32. The lowest BCUT2D eigenvalue weighted by molar-refractivity contribution is 0.415. The second kappa shape index (κ2) is 4.77. The molecular weight excluding hydrogens is 252 g/mol. The van der Waals surface area contributed by atoms with Crippen molar-refractivity contribution < 1.29 is 4.74 Å². The van der Waals surface area contributed by atoms with Crippen LogP contribution in [0.3, 0.4) is 0 Å². The van der Waals surface area contributed by atoms with Gasteiger partial charge in [0.25, 0.3) is 0 Å². The van der Waals surface area contributed by atoms with Crippen molar-refractivity contribution in [1.29, 1.82) is 0 Å². The van der Waals surface area contributed by atoms with Crippen molar-refractivity contribution in [3.8, 4) is 5.75 Å². The van der Waals surface area contributed by atoms with E-state index in [0.29, 0.717) is 5.69 Å². The van der Waals surface area contributed by atoms with Crippen LogP contribution in [-0.2, 0) is 0 Å². The average molecular weight is 268 g/mol. The predicted octanol–water partition coefficient (Wildman–Crippen LogP) is 2.92. The maximum atomic E-state index is 6.15. The first-order chi connectivity index (χ1) is 9.70. The van der Waals surface area contributed by atoms with Gasteiger partial charge in [0.2, 0.25) is 0 Å². The SMILES string of the molecule is COc1ccccc1N(C)c1cc2[nH]ncc2cc1N. The molecule has 0 saturated heterocycles. The molecule has 1 aromatic heterocycles. The molecule has 0 aliphatic heterocycles. The summed E-state index contributed by atoms with van der Waals surface area (Å²) in [6.45, 7) is 0. The number of hydrogen-bond acceptors (Lipinski definition) is 4. The molecule has 0 spiro atoms. The summed E-state index contributed by atoms with van der Waals surface area (Å²) in [5, 5.41) is 7.98. The molecule has 0 amide bonds. The Hall–Kier alpha value is -2.69. The van der Waals surface area contributed by atoms with Gasteiger partial charge in [-0.1, -0.05) is 12.1 Å². The zero-order chi connectivity index (χ0) is 14.1. The Morgan fingerprint density at radius 3 is 2.80 bits per heavy atom. The van der Waals surface area contributed by atoms with Crippen LogP contribution in [0.15, 0.2) is 42.6 Å². The molecule has 20 heavy (non-hydrogen) atoms. The van der Waals surface area contributed by atoms with Crippen LogP contribution in [0.25, 0.3) is 10.9 Å². The molecule has 0 fully saturated rings. The number of rotatable bonds is 3. The Bertz CT molecular complexity index is 750. The van der Waals surface area contributed by atoms with Crippen LogP contribution in [0.5, 0.6) is 5.75 Å². The molecule has 5 nitrogen and oxygen atoms in total. The van der Waals surface area contributed by atoms with Crippen molar-refractivity contribution in [2.75, 3.05) is 24.8 Å². The van der Waals surface area contributed by atoms with E-state index in [1.54, 1.807) is 13.3 Å². The number of fused-ring (bicyclic) bond motifs is 1. The predicted molar refractivity (Wildman–Crippen MR) is 81.6 cm³/mol. The Kier molecular flexibility index (Phi) is 2.95. The highest BCUT2D eigenvalue weighted by Gasteiger charge is 2.13. The number of ether oxygens (including phenoxy) is 1. The molecule has 0 unspecified atom stereocenters. The number of nitrogens with zero attached hydrogens (tertiary/aromatic N) is 2. The third-order valence-electron chi connectivity index (χ3n) is 3.40. The lowest BCUT2D eigenvalue weighted by Gasteiger charge is -2.23. The fourth-order valence-electron chi connectivity index (χ4n) is 2.32. The monoisotopic (exact) mass is 268 g/mol. The summed E-state index contributed by atoms with van der Waals surface area (Å²) in [6.07, 6.45) is 1.76. The number of methoxy groups -OCH3 is 1. The topological polar surface area (TPSA) is 67.2 Å². The second-order valence-corrected chi connectivity index (χ2v) is 4.60. The Labute approximate surface area is 117 Å². The van der Waals surface area contributed by atoms with Gasteiger partial charge in [0, 0.05) is 12.4 Å². The highest BCUT2D eigenvalue weighted by molar-refractivity contribution is 5.91. The maximum absolute atomic E-state index is 6.15. The van der Waals surface area contributed by atoms with Gasteiger partial charge in [0.15, 0.2) is 0 Å². The summed E-state index contributed by atoms with van der Waals surface area (Å²) in [5.74, 6) is 0.805. The second-order valence-electron chi connectivity index (χ2n) is 4.60. The number of benzene rings is 2. The smallest absolute Gasteiger partial charge is 0.142 e. The molecule has 5 heteroatoms. The minimum atomic E-state index is 0.701. The van der Waals surface area contributed by atoms with Crippen LogP contribution in [0, 0.1) is 0 Å². The van der Waals surface area contributed by atoms with E-state index in [9.17, 15) is 0 Å². The van der Waals surface area contributed by atoms with E-state index in [2.05, 4.69) is 10.2 Å². The van der Waals surface area contributed by atoms with Crippen LogP contribution in [0.4, 0.5) is 17.1 Å². The molecule has 3 aromatic rings. The van der Waals surface area contributed by atoms with Gasteiger partial charge in [0.1, 0.15) is 5.75 Å². The van der Waals surface area contributed by atoms with Gasteiger partial charge in [-0.15, -0.1) is 0 Å².